The normalized spacial score (nSPS) is 21.7. The molecular formula is C7H9BrN2O2. The van der Waals surface area contributed by atoms with E-state index < -0.39 is 0 Å². The van der Waals surface area contributed by atoms with Crippen LogP contribution in [-0.4, -0.2) is 29.6 Å². The summed E-state index contributed by atoms with van der Waals surface area (Å²) in [6, 6.07) is 0. The van der Waals surface area contributed by atoms with Gasteiger partial charge in [-0.25, -0.2) is 4.68 Å². The van der Waals surface area contributed by atoms with Crippen molar-refractivity contribution in [2.75, 3.05) is 13.7 Å². The SMILES string of the molecule is CO[C@H]1COc2c(Br)cnn2C1. The fourth-order valence-electron chi connectivity index (χ4n) is 1.18. The molecule has 2 heterocycles. The van der Waals surface area contributed by atoms with Crippen molar-refractivity contribution < 1.29 is 9.47 Å². The second-order valence-electron chi connectivity index (χ2n) is 2.65. The summed E-state index contributed by atoms with van der Waals surface area (Å²) in [4.78, 5) is 0. The zero-order valence-corrected chi connectivity index (χ0v) is 8.24. The van der Waals surface area contributed by atoms with Crippen LogP contribution in [0.3, 0.4) is 0 Å². The third-order valence-electron chi connectivity index (χ3n) is 1.87. The molecule has 2 rings (SSSR count). The molecule has 5 heteroatoms. The van der Waals surface area contributed by atoms with Gasteiger partial charge in [-0.15, -0.1) is 0 Å². The minimum absolute atomic E-state index is 0.115. The zero-order chi connectivity index (χ0) is 8.55. The molecule has 1 aliphatic rings. The monoisotopic (exact) mass is 232 g/mol. The van der Waals surface area contributed by atoms with Gasteiger partial charge in [0.1, 0.15) is 12.7 Å². The average molecular weight is 233 g/mol. The number of hydrogen-bond acceptors (Lipinski definition) is 3. The van der Waals surface area contributed by atoms with Crippen molar-refractivity contribution in [3.8, 4) is 5.88 Å². The molecule has 1 aliphatic heterocycles. The summed E-state index contributed by atoms with van der Waals surface area (Å²) in [6.07, 6.45) is 1.84. The van der Waals surface area contributed by atoms with E-state index in [4.69, 9.17) is 9.47 Å². The topological polar surface area (TPSA) is 36.3 Å². The Kier molecular flexibility index (Phi) is 2.06. The van der Waals surface area contributed by atoms with E-state index in [1.807, 2.05) is 0 Å². The van der Waals surface area contributed by atoms with Crippen molar-refractivity contribution >= 4 is 15.9 Å². The lowest BCUT2D eigenvalue weighted by molar-refractivity contribution is 0.0176. The van der Waals surface area contributed by atoms with Crippen molar-refractivity contribution in [1.29, 1.82) is 0 Å². The predicted molar refractivity (Wildman–Crippen MR) is 46.2 cm³/mol. The lowest BCUT2D eigenvalue weighted by Gasteiger charge is -2.22. The second-order valence-corrected chi connectivity index (χ2v) is 3.50. The number of ether oxygens (including phenoxy) is 2. The van der Waals surface area contributed by atoms with Crippen LogP contribution in [0.2, 0.25) is 0 Å². The summed E-state index contributed by atoms with van der Waals surface area (Å²) in [5.74, 6) is 0.795. The number of aromatic nitrogens is 2. The smallest absolute Gasteiger partial charge is 0.226 e. The second kappa shape index (κ2) is 3.06. The average Bonchev–Trinajstić information content (AvgIpc) is 2.47. The van der Waals surface area contributed by atoms with Crippen LogP contribution >= 0.6 is 15.9 Å². The molecule has 0 spiro atoms. The Bertz CT molecular complexity index is 287. The molecule has 4 nitrogen and oxygen atoms in total. The van der Waals surface area contributed by atoms with Gasteiger partial charge in [0.05, 0.1) is 17.2 Å². The third kappa shape index (κ3) is 1.23. The molecular weight excluding hydrogens is 224 g/mol. The van der Waals surface area contributed by atoms with Crippen molar-refractivity contribution in [2.24, 2.45) is 0 Å². The zero-order valence-electron chi connectivity index (χ0n) is 6.66. The molecule has 66 valence electrons. The van der Waals surface area contributed by atoms with Crippen molar-refractivity contribution in [2.45, 2.75) is 12.6 Å². The summed E-state index contributed by atoms with van der Waals surface area (Å²) in [5.41, 5.74) is 0. The van der Waals surface area contributed by atoms with Crippen molar-refractivity contribution in [1.82, 2.24) is 9.78 Å². The molecule has 0 saturated heterocycles. The Morgan fingerprint density at radius 3 is 3.42 bits per heavy atom. The Balaban J connectivity index is 2.24. The first kappa shape index (κ1) is 8.07. The van der Waals surface area contributed by atoms with Crippen molar-refractivity contribution in [3.05, 3.63) is 10.7 Å². The van der Waals surface area contributed by atoms with E-state index in [-0.39, 0.29) is 6.10 Å². The van der Waals surface area contributed by atoms with Gasteiger partial charge in [-0.1, -0.05) is 0 Å². The van der Waals surface area contributed by atoms with E-state index in [2.05, 4.69) is 21.0 Å². The lowest BCUT2D eigenvalue weighted by Crippen LogP contribution is -2.31. The van der Waals surface area contributed by atoms with Gasteiger partial charge in [-0.3, -0.25) is 0 Å². The summed E-state index contributed by atoms with van der Waals surface area (Å²) in [5, 5.41) is 4.12. The molecule has 0 fully saturated rings. The van der Waals surface area contributed by atoms with Crippen LogP contribution in [0.25, 0.3) is 0 Å². The largest absolute Gasteiger partial charge is 0.474 e. The van der Waals surface area contributed by atoms with Gasteiger partial charge in [0, 0.05) is 7.11 Å². The highest BCUT2D eigenvalue weighted by molar-refractivity contribution is 9.10. The van der Waals surface area contributed by atoms with Gasteiger partial charge in [-0.05, 0) is 15.9 Å². The Hall–Kier alpha value is -0.550. The number of halogens is 1. The minimum Gasteiger partial charge on any atom is -0.474 e. The van der Waals surface area contributed by atoms with Crippen LogP contribution in [0.4, 0.5) is 0 Å². The molecule has 1 aromatic rings. The van der Waals surface area contributed by atoms with E-state index >= 15 is 0 Å². The van der Waals surface area contributed by atoms with Crippen LogP contribution in [0.1, 0.15) is 0 Å². The van der Waals surface area contributed by atoms with Crippen LogP contribution in [0.15, 0.2) is 10.7 Å². The van der Waals surface area contributed by atoms with Crippen molar-refractivity contribution in [3.63, 3.8) is 0 Å². The van der Waals surface area contributed by atoms with Gasteiger partial charge in [0.15, 0.2) is 0 Å². The van der Waals surface area contributed by atoms with E-state index in [1.165, 1.54) is 0 Å². The predicted octanol–water partition coefficient (Wildman–Crippen LogP) is 1.05. The first-order chi connectivity index (χ1) is 5.81. The summed E-state index contributed by atoms with van der Waals surface area (Å²) in [7, 11) is 1.68. The summed E-state index contributed by atoms with van der Waals surface area (Å²) >= 11 is 3.34. The molecule has 0 unspecified atom stereocenters. The molecule has 0 amide bonds. The van der Waals surface area contributed by atoms with Gasteiger partial charge in [0.2, 0.25) is 5.88 Å². The van der Waals surface area contributed by atoms with E-state index in [1.54, 1.807) is 18.0 Å². The van der Waals surface area contributed by atoms with Crippen LogP contribution in [-0.2, 0) is 11.3 Å². The number of methoxy groups -OCH3 is 1. The van der Waals surface area contributed by atoms with Crippen LogP contribution < -0.4 is 4.74 Å². The highest BCUT2D eigenvalue weighted by Gasteiger charge is 2.21. The molecule has 0 N–H and O–H groups in total. The number of nitrogens with zero attached hydrogens (tertiary/aromatic N) is 2. The molecule has 0 saturated carbocycles. The maximum Gasteiger partial charge on any atom is 0.226 e. The Labute approximate surface area is 78.6 Å². The number of fused-ring (bicyclic) bond motifs is 1. The van der Waals surface area contributed by atoms with Crippen LogP contribution in [0, 0.1) is 0 Å². The summed E-state index contributed by atoms with van der Waals surface area (Å²) in [6.45, 7) is 1.36. The Morgan fingerprint density at radius 1 is 1.83 bits per heavy atom. The first-order valence-electron chi connectivity index (χ1n) is 3.68. The fraction of sp³-hybridized carbons (Fsp3) is 0.571. The fourth-order valence-corrected chi connectivity index (χ4v) is 1.60. The highest BCUT2D eigenvalue weighted by atomic mass is 79.9. The van der Waals surface area contributed by atoms with E-state index in [0.29, 0.717) is 6.61 Å². The Morgan fingerprint density at radius 2 is 2.67 bits per heavy atom. The molecule has 0 aliphatic carbocycles. The molecule has 0 aromatic carbocycles. The first-order valence-corrected chi connectivity index (χ1v) is 4.47. The molecule has 0 bridgehead atoms. The van der Waals surface area contributed by atoms with Crippen LogP contribution in [0.5, 0.6) is 5.88 Å². The van der Waals surface area contributed by atoms with E-state index in [0.717, 1.165) is 16.9 Å². The molecule has 1 atom stereocenters. The molecule has 12 heavy (non-hydrogen) atoms. The molecule has 0 radical (unpaired) electrons. The van der Waals surface area contributed by atoms with Gasteiger partial charge in [-0.2, -0.15) is 5.10 Å². The number of rotatable bonds is 1. The third-order valence-corrected chi connectivity index (χ3v) is 2.41. The minimum atomic E-state index is 0.115. The molecule has 1 aromatic heterocycles. The van der Waals surface area contributed by atoms with E-state index in [9.17, 15) is 0 Å². The number of hydrogen-bond donors (Lipinski definition) is 0. The maximum absolute atomic E-state index is 5.43. The lowest BCUT2D eigenvalue weighted by atomic mass is 10.3. The van der Waals surface area contributed by atoms with Gasteiger partial charge in [0.25, 0.3) is 0 Å². The highest BCUT2D eigenvalue weighted by Crippen LogP contribution is 2.27. The standard InChI is InChI=1S/C7H9BrN2O2/c1-11-5-3-10-7(12-4-5)6(8)2-9-10/h2,5H,3-4H2,1H3/t5-/m1/s1. The quantitative estimate of drug-likeness (QED) is 0.727. The van der Waals surface area contributed by atoms with Gasteiger partial charge < -0.3 is 9.47 Å². The van der Waals surface area contributed by atoms with Gasteiger partial charge >= 0.3 is 0 Å². The maximum atomic E-state index is 5.43. The summed E-state index contributed by atoms with van der Waals surface area (Å²) < 4.78 is 13.3.